The molecular weight excluding hydrogens is 164 g/mol. The molecule has 0 atom stereocenters. The minimum absolute atomic E-state index is 0.389. The molecule has 1 aromatic rings. The van der Waals surface area contributed by atoms with Gasteiger partial charge in [-0.25, -0.2) is 0 Å². The van der Waals surface area contributed by atoms with Crippen LogP contribution < -0.4 is 11.1 Å². The molecule has 0 aromatic heterocycles. The van der Waals surface area contributed by atoms with Crippen LogP contribution in [-0.2, 0) is 6.42 Å². The zero-order valence-corrected chi connectivity index (χ0v) is 7.08. The van der Waals surface area contributed by atoms with Crippen LogP contribution in [0.5, 0.6) is 0 Å². The first-order valence-electron chi connectivity index (χ1n) is 4.12. The predicted octanol–water partition coefficient (Wildman–Crippen LogP) is 1.27. The van der Waals surface area contributed by atoms with E-state index in [0.29, 0.717) is 5.56 Å². The van der Waals surface area contributed by atoms with Crippen molar-refractivity contribution in [3.63, 3.8) is 0 Å². The van der Waals surface area contributed by atoms with Gasteiger partial charge in [0.25, 0.3) is 5.91 Å². The zero-order chi connectivity index (χ0) is 9.26. The Balaban J connectivity index is 2.55. The molecule has 1 amide bonds. The summed E-state index contributed by atoms with van der Waals surface area (Å²) in [5.41, 5.74) is 7.75. The number of hydrogen-bond acceptors (Lipinski definition) is 2. The van der Waals surface area contributed by atoms with Crippen LogP contribution in [0.1, 0.15) is 15.9 Å². The Hall–Kier alpha value is -1.77. The summed E-state index contributed by atoms with van der Waals surface area (Å²) < 4.78 is 0. The van der Waals surface area contributed by atoms with Crippen molar-refractivity contribution < 1.29 is 4.79 Å². The standard InChI is InChI=1S/C10H10N2O/c11-10(13)8-5-1-3-7-4-2-6-12-9(7)8/h1-3,5-6,12H,4H2,(H2,11,13). The van der Waals surface area contributed by atoms with Crippen molar-refractivity contribution in [1.82, 2.24) is 0 Å². The number of rotatable bonds is 1. The summed E-state index contributed by atoms with van der Waals surface area (Å²) in [5, 5.41) is 3.03. The van der Waals surface area contributed by atoms with Crippen LogP contribution in [0.3, 0.4) is 0 Å². The van der Waals surface area contributed by atoms with E-state index in [0.717, 1.165) is 17.7 Å². The Bertz CT molecular complexity index is 383. The Morgan fingerprint density at radius 2 is 2.31 bits per heavy atom. The first kappa shape index (κ1) is 7.86. The van der Waals surface area contributed by atoms with Gasteiger partial charge in [-0.15, -0.1) is 0 Å². The first-order chi connectivity index (χ1) is 6.29. The van der Waals surface area contributed by atoms with Crippen LogP contribution in [0.25, 0.3) is 0 Å². The van der Waals surface area contributed by atoms with Gasteiger partial charge in [0.2, 0.25) is 0 Å². The van der Waals surface area contributed by atoms with E-state index in [4.69, 9.17) is 5.73 Å². The number of hydrogen-bond donors (Lipinski definition) is 2. The molecule has 1 heterocycles. The van der Waals surface area contributed by atoms with Gasteiger partial charge in [-0.1, -0.05) is 18.2 Å². The van der Waals surface area contributed by atoms with Crippen LogP contribution in [0.15, 0.2) is 30.5 Å². The largest absolute Gasteiger partial charge is 0.366 e. The highest BCUT2D eigenvalue weighted by Crippen LogP contribution is 2.24. The number of nitrogens with two attached hydrogens (primary N) is 1. The number of para-hydroxylation sites is 1. The molecule has 66 valence electrons. The molecule has 1 aliphatic heterocycles. The Labute approximate surface area is 76.2 Å². The summed E-state index contributed by atoms with van der Waals surface area (Å²) in [6, 6.07) is 5.56. The quantitative estimate of drug-likeness (QED) is 0.673. The average Bonchev–Trinajstić information content (AvgIpc) is 2.17. The molecule has 13 heavy (non-hydrogen) atoms. The monoisotopic (exact) mass is 174 g/mol. The third-order valence-electron chi connectivity index (χ3n) is 2.10. The van der Waals surface area contributed by atoms with Gasteiger partial charge in [-0.05, 0) is 24.3 Å². The van der Waals surface area contributed by atoms with Gasteiger partial charge in [0, 0.05) is 0 Å². The maximum atomic E-state index is 11.0. The number of anilines is 1. The molecule has 0 spiro atoms. The van der Waals surface area contributed by atoms with Gasteiger partial charge >= 0.3 is 0 Å². The van der Waals surface area contributed by atoms with Crippen LogP contribution >= 0.6 is 0 Å². The minimum atomic E-state index is -0.389. The number of carbonyl (C=O) groups excluding carboxylic acids is 1. The molecule has 0 saturated carbocycles. The van der Waals surface area contributed by atoms with E-state index in [1.807, 2.05) is 24.4 Å². The van der Waals surface area contributed by atoms with Crippen LogP contribution in [-0.4, -0.2) is 5.91 Å². The molecule has 0 radical (unpaired) electrons. The summed E-state index contributed by atoms with van der Waals surface area (Å²) in [6.07, 6.45) is 4.69. The molecule has 3 heteroatoms. The van der Waals surface area contributed by atoms with Gasteiger partial charge in [0.15, 0.2) is 0 Å². The first-order valence-corrected chi connectivity index (χ1v) is 4.12. The van der Waals surface area contributed by atoms with E-state index in [1.165, 1.54) is 0 Å². The fourth-order valence-corrected chi connectivity index (χ4v) is 1.47. The number of carbonyl (C=O) groups is 1. The Morgan fingerprint density at radius 3 is 3.08 bits per heavy atom. The Morgan fingerprint density at radius 1 is 1.46 bits per heavy atom. The van der Waals surface area contributed by atoms with Crippen molar-refractivity contribution >= 4 is 11.6 Å². The summed E-state index contributed by atoms with van der Waals surface area (Å²) in [7, 11) is 0. The Kier molecular flexibility index (Phi) is 1.77. The lowest BCUT2D eigenvalue weighted by atomic mass is 10.0. The highest BCUT2D eigenvalue weighted by molar-refractivity contribution is 5.99. The molecule has 3 nitrogen and oxygen atoms in total. The van der Waals surface area contributed by atoms with Crippen molar-refractivity contribution in [2.24, 2.45) is 5.73 Å². The SMILES string of the molecule is NC(=O)c1cccc2c1NC=CC2. The number of nitrogens with one attached hydrogen (secondary N) is 1. The fraction of sp³-hybridized carbons (Fsp3) is 0.100. The van der Waals surface area contributed by atoms with Crippen molar-refractivity contribution in [2.75, 3.05) is 5.32 Å². The maximum Gasteiger partial charge on any atom is 0.250 e. The molecule has 1 aromatic carbocycles. The summed E-state index contributed by atoms with van der Waals surface area (Å²) in [4.78, 5) is 11.0. The highest BCUT2D eigenvalue weighted by Gasteiger charge is 2.12. The maximum absolute atomic E-state index is 11.0. The van der Waals surface area contributed by atoms with Crippen molar-refractivity contribution in [2.45, 2.75) is 6.42 Å². The second kappa shape index (κ2) is 2.94. The molecule has 3 N–H and O–H groups in total. The van der Waals surface area contributed by atoms with Crippen LogP contribution in [0.4, 0.5) is 5.69 Å². The van der Waals surface area contributed by atoms with E-state index >= 15 is 0 Å². The van der Waals surface area contributed by atoms with Gasteiger partial charge < -0.3 is 11.1 Å². The van der Waals surface area contributed by atoms with E-state index in [-0.39, 0.29) is 5.91 Å². The van der Waals surface area contributed by atoms with E-state index in [2.05, 4.69) is 5.32 Å². The van der Waals surface area contributed by atoms with Gasteiger partial charge in [-0.3, -0.25) is 4.79 Å². The summed E-state index contributed by atoms with van der Waals surface area (Å²) in [6.45, 7) is 0. The normalized spacial score (nSPS) is 13.2. The third-order valence-corrected chi connectivity index (χ3v) is 2.10. The van der Waals surface area contributed by atoms with Crippen LogP contribution in [0.2, 0.25) is 0 Å². The molecule has 1 aliphatic rings. The zero-order valence-electron chi connectivity index (χ0n) is 7.08. The molecule has 2 rings (SSSR count). The molecule has 0 aliphatic carbocycles. The lowest BCUT2D eigenvalue weighted by Gasteiger charge is -2.14. The van der Waals surface area contributed by atoms with Crippen LogP contribution in [0, 0.1) is 0 Å². The second-order valence-electron chi connectivity index (χ2n) is 2.95. The lowest BCUT2D eigenvalue weighted by molar-refractivity contribution is 0.100. The number of benzene rings is 1. The average molecular weight is 174 g/mol. The number of amides is 1. The third kappa shape index (κ3) is 1.28. The molecule has 0 unspecified atom stereocenters. The van der Waals surface area contributed by atoms with Gasteiger partial charge in [-0.2, -0.15) is 0 Å². The number of fused-ring (bicyclic) bond motifs is 1. The van der Waals surface area contributed by atoms with Crippen molar-refractivity contribution in [3.05, 3.63) is 41.6 Å². The number of allylic oxidation sites excluding steroid dienone is 1. The van der Waals surface area contributed by atoms with E-state index in [1.54, 1.807) is 6.07 Å². The van der Waals surface area contributed by atoms with Crippen molar-refractivity contribution in [3.8, 4) is 0 Å². The van der Waals surface area contributed by atoms with E-state index in [9.17, 15) is 4.79 Å². The lowest BCUT2D eigenvalue weighted by Crippen LogP contribution is -2.15. The highest BCUT2D eigenvalue weighted by atomic mass is 16.1. The predicted molar refractivity (Wildman–Crippen MR) is 51.4 cm³/mol. The van der Waals surface area contributed by atoms with Gasteiger partial charge in [0.05, 0.1) is 11.3 Å². The van der Waals surface area contributed by atoms with Crippen molar-refractivity contribution in [1.29, 1.82) is 0 Å². The molecule has 0 saturated heterocycles. The minimum Gasteiger partial charge on any atom is -0.366 e. The molecule has 0 fully saturated rings. The molecular formula is C10H10N2O. The smallest absolute Gasteiger partial charge is 0.250 e. The second-order valence-corrected chi connectivity index (χ2v) is 2.95. The topological polar surface area (TPSA) is 55.1 Å². The fourth-order valence-electron chi connectivity index (χ4n) is 1.47. The van der Waals surface area contributed by atoms with E-state index < -0.39 is 0 Å². The van der Waals surface area contributed by atoms with Gasteiger partial charge in [0.1, 0.15) is 0 Å². The summed E-state index contributed by atoms with van der Waals surface area (Å²) in [5.74, 6) is -0.389. The number of primary amides is 1. The summed E-state index contributed by atoms with van der Waals surface area (Å²) >= 11 is 0. The molecule has 0 bridgehead atoms.